The molecule has 1 aliphatic rings. The molecule has 22 heavy (non-hydrogen) atoms. The molecular formula is C19H19NO2. The van der Waals surface area contributed by atoms with Crippen LogP contribution in [0.2, 0.25) is 0 Å². The van der Waals surface area contributed by atoms with Gasteiger partial charge < -0.3 is 10.1 Å². The third-order valence-corrected chi connectivity index (χ3v) is 3.86. The topological polar surface area (TPSA) is 38.3 Å². The van der Waals surface area contributed by atoms with Gasteiger partial charge in [-0.25, -0.2) is 0 Å². The van der Waals surface area contributed by atoms with Gasteiger partial charge in [0.15, 0.2) is 0 Å². The number of ether oxygens (including phenoxy) is 1. The summed E-state index contributed by atoms with van der Waals surface area (Å²) in [6.45, 7) is 3.04. The molecule has 2 aromatic rings. The summed E-state index contributed by atoms with van der Waals surface area (Å²) < 4.78 is 5.62. The van der Waals surface area contributed by atoms with E-state index in [2.05, 4.69) is 24.4 Å². The summed E-state index contributed by atoms with van der Waals surface area (Å²) in [5.41, 5.74) is 2.84. The molecular weight excluding hydrogens is 274 g/mol. The Morgan fingerprint density at radius 2 is 1.86 bits per heavy atom. The van der Waals surface area contributed by atoms with Crippen LogP contribution in [-0.4, -0.2) is 19.1 Å². The summed E-state index contributed by atoms with van der Waals surface area (Å²) in [7, 11) is 0. The Bertz CT molecular complexity index is 692. The molecule has 112 valence electrons. The minimum Gasteiger partial charge on any atom is -0.488 e. The molecule has 3 nitrogen and oxygen atoms in total. The van der Waals surface area contributed by atoms with Crippen LogP contribution in [0.25, 0.3) is 6.08 Å². The van der Waals surface area contributed by atoms with Gasteiger partial charge in [-0.3, -0.25) is 4.79 Å². The highest BCUT2D eigenvalue weighted by atomic mass is 16.5. The van der Waals surface area contributed by atoms with Crippen molar-refractivity contribution in [2.24, 2.45) is 0 Å². The first-order valence-electron chi connectivity index (χ1n) is 7.49. The number of carbonyl (C=O) groups excluding carboxylic acids is 1. The van der Waals surface area contributed by atoms with Gasteiger partial charge in [-0.15, -0.1) is 0 Å². The molecule has 3 heteroatoms. The summed E-state index contributed by atoms with van der Waals surface area (Å²) in [5, 5.41) is 2.99. The molecule has 0 bridgehead atoms. The van der Waals surface area contributed by atoms with Gasteiger partial charge in [0.25, 0.3) is 5.91 Å². The maximum absolute atomic E-state index is 12.3. The van der Waals surface area contributed by atoms with Crippen LogP contribution in [0.3, 0.4) is 0 Å². The van der Waals surface area contributed by atoms with Crippen LogP contribution in [0.5, 0.6) is 5.75 Å². The van der Waals surface area contributed by atoms with Crippen molar-refractivity contribution in [2.45, 2.75) is 12.8 Å². The van der Waals surface area contributed by atoms with Crippen LogP contribution in [0.1, 0.15) is 24.0 Å². The van der Waals surface area contributed by atoms with Crippen molar-refractivity contribution in [1.82, 2.24) is 5.32 Å². The van der Waals surface area contributed by atoms with Crippen molar-refractivity contribution >= 4 is 12.0 Å². The van der Waals surface area contributed by atoms with E-state index in [1.807, 2.05) is 48.5 Å². The lowest BCUT2D eigenvalue weighted by Gasteiger charge is -2.18. The van der Waals surface area contributed by atoms with Gasteiger partial charge in [0.2, 0.25) is 0 Å². The molecule has 2 aromatic carbocycles. The second-order valence-corrected chi connectivity index (χ2v) is 5.52. The van der Waals surface area contributed by atoms with E-state index in [0.29, 0.717) is 18.7 Å². The van der Waals surface area contributed by atoms with Crippen LogP contribution >= 0.6 is 0 Å². The zero-order valence-electron chi connectivity index (χ0n) is 12.6. The number of fused-ring (bicyclic) bond motifs is 1. The number of hydrogen-bond donors (Lipinski definition) is 1. The molecule has 0 saturated heterocycles. The number of amides is 1. The molecule has 1 amide bonds. The van der Waals surface area contributed by atoms with Crippen LogP contribution in [-0.2, 0) is 4.79 Å². The fraction of sp³-hybridized carbons (Fsp3) is 0.211. The third-order valence-electron chi connectivity index (χ3n) is 3.86. The number of nitrogens with one attached hydrogen (secondary N) is 1. The Hall–Kier alpha value is -2.55. The number of hydrogen-bond acceptors (Lipinski definition) is 2. The number of rotatable bonds is 4. The zero-order valence-corrected chi connectivity index (χ0v) is 12.6. The lowest BCUT2D eigenvalue weighted by atomic mass is 10.0. The first kappa shape index (κ1) is 14.4. The van der Waals surface area contributed by atoms with Crippen molar-refractivity contribution in [3.05, 3.63) is 71.3 Å². The molecule has 0 radical (unpaired) electrons. The maximum atomic E-state index is 12.3. The van der Waals surface area contributed by atoms with E-state index in [0.717, 1.165) is 11.3 Å². The highest BCUT2D eigenvalue weighted by Crippen LogP contribution is 2.25. The van der Waals surface area contributed by atoms with Crippen molar-refractivity contribution < 1.29 is 9.53 Å². The summed E-state index contributed by atoms with van der Waals surface area (Å²) in [6, 6.07) is 17.9. The van der Waals surface area contributed by atoms with Gasteiger partial charge in [0.05, 0.1) is 5.57 Å². The molecule has 0 fully saturated rings. The maximum Gasteiger partial charge on any atom is 0.250 e. The normalized spacial score (nSPS) is 14.3. The van der Waals surface area contributed by atoms with Crippen molar-refractivity contribution in [3.63, 3.8) is 0 Å². The van der Waals surface area contributed by atoms with E-state index in [1.165, 1.54) is 5.56 Å². The lowest BCUT2D eigenvalue weighted by molar-refractivity contribution is -0.117. The fourth-order valence-corrected chi connectivity index (χ4v) is 2.51. The molecule has 0 aromatic heterocycles. The lowest BCUT2D eigenvalue weighted by Crippen LogP contribution is -2.31. The Morgan fingerprint density at radius 3 is 2.68 bits per heavy atom. The molecule has 1 atom stereocenters. The van der Waals surface area contributed by atoms with Gasteiger partial charge >= 0.3 is 0 Å². The van der Waals surface area contributed by atoms with E-state index in [4.69, 9.17) is 4.74 Å². The zero-order chi connectivity index (χ0) is 15.4. The predicted octanol–water partition coefficient (Wildman–Crippen LogP) is 3.38. The Kier molecular flexibility index (Phi) is 4.24. The molecule has 1 aliphatic heterocycles. The molecule has 1 heterocycles. The van der Waals surface area contributed by atoms with Gasteiger partial charge in [-0.2, -0.15) is 0 Å². The minimum absolute atomic E-state index is 0.0581. The van der Waals surface area contributed by atoms with E-state index in [9.17, 15) is 4.79 Å². The quantitative estimate of drug-likeness (QED) is 0.938. The second-order valence-electron chi connectivity index (χ2n) is 5.52. The van der Waals surface area contributed by atoms with Crippen LogP contribution in [0, 0.1) is 0 Å². The minimum atomic E-state index is -0.0581. The highest BCUT2D eigenvalue weighted by molar-refractivity contribution is 5.99. The van der Waals surface area contributed by atoms with Crippen LogP contribution in [0.4, 0.5) is 0 Å². The van der Waals surface area contributed by atoms with E-state index in [-0.39, 0.29) is 11.8 Å². The van der Waals surface area contributed by atoms with Crippen molar-refractivity contribution in [1.29, 1.82) is 0 Å². The highest BCUT2D eigenvalue weighted by Gasteiger charge is 2.17. The largest absolute Gasteiger partial charge is 0.488 e. The molecule has 0 spiro atoms. The first-order valence-corrected chi connectivity index (χ1v) is 7.49. The van der Waals surface area contributed by atoms with E-state index in [1.54, 1.807) is 0 Å². The van der Waals surface area contributed by atoms with Crippen molar-refractivity contribution in [3.8, 4) is 5.75 Å². The fourth-order valence-electron chi connectivity index (χ4n) is 2.51. The van der Waals surface area contributed by atoms with Gasteiger partial charge in [-0.1, -0.05) is 55.5 Å². The summed E-state index contributed by atoms with van der Waals surface area (Å²) in [5.74, 6) is 1.05. The summed E-state index contributed by atoms with van der Waals surface area (Å²) >= 11 is 0. The van der Waals surface area contributed by atoms with Crippen LogP contribution in [0.15, 0.2) is 60.2 Å². The Morgan fingerprint density at radius 1 is 1.14 bits per heavy atom. The van der Waals surface area contributed by atoms with E-state index < -0.39 is 0 Å². The van der Waals surface area contributed by atoms with Crippen LogP contribution < -0.4 is 10.1 Å². The monoisotopic (exact) mass is 293 g/mol. The smallest absolute Gasteiger partial charge is 0.250 e. The average molecular weight is 293 g/mol. The molecule has 0 aliphatic carbocycles. The predicted molar refractivity (Wildman–Crippen MR) is 87.8 cm³/mol. The Balaban J connectivity index is 1.62. The second kappa shape index (κ2) is 6.48. The average Bonchev–Trinajstić information content (AvgIpc) is 2.59. The molecule has 1 unspecified atom stereocenters. The van der Waals surface area contributed by atoms with Gasteiger partial charge in [-0.05, 0) is 23.6 Å². The third kappa shape index (κ3) is 3.19. The molecule has 0 saturated carbocycles. The molecule has 3 rings (SSSR count). The number of benzene rings is 2. The van der Waals surface area contributed by atoms with E-state index >= 15 is 0 Å². The first-order chi connectivity index (χ1) is 10.7. The SMILES string of the molecule is CC(CNC(=O)C1=Cc2ccccc2OC1)c1ccccc1. The number of carbonyl (C=O) groups is 1. The van der Waals surface area contributed by atoms with Gasteiger partial charge in [0.1, 0.15) is 12.4 Å². The summed E-state index contributed by atoms with van der Waals surface area (Å²) in [4.78, 5) is 12.3. The van der Waals surface area contributed by atoms with Gasteiger partial charge in [0, 0.05) is 12.1 Å². The van der Waals surface area contributed by atoms with Crippen molar-refractivity contribution in [2.75, 3.05) is 13.2 Å². The number of para-hydroxylation sites is 1. The summed E-state index contributed by atoms with van der Waals surface area (Å²) in [6.07, 6.45) is 1.90. The Labute approximate surface area is 130 Å². The standard InChI is InChI=1S/C19H19NO2/c1-14(15-7-3-2-4-8-15)12-20-19(21)17-11-16-9-5-6-10-18(16)22-13-17/h2-11,14H,12-13H2,1H3,(H,20,21). The molecule has 1 N–H and O–H groups in total.